The van der Waals surface area contributed by atoms with Gasteiger partial charge in [-0.25, -0.2) is 15.0 Å². The number of hydrogen-bond acceptors (Lipinski definition) is 3. The number of hydrogen-bond donors (Lipinski definition) is 0. The minimum Gasteiger partial charge on any atom is -0.309 e. The molecule has 0 saturated carbocycles. The third kappa shape index (κ3) is 3.89. The van der Waals surface area contributed by atoms with Gasteiger partial charge in [0.15, 0.2) is 0 Å². The summed E-state index contributed by atoms with van der Waals surface area (Å²) in [6.07, 6.45) is 0. The Morgan fingerprint density at radius 2 is 0.943 bits per heavy atom. The maximum absolute atomic E-state index is 5.43. The molecule has 0 radical (unpaired) electrons. The minimum absolute atomic E-state index is 0.626. The molecule has 5 heterocycles. The van der Waals surface area contributed by atoms with Crippen molar-refractivity contribution in [2.75, 3.05) is 0 Å². The molecule has 0 aliphatic heterocycles. The van der Waals surface area contributed by atoms with E-state index in [0.29, 0.717) is 5.95 Å². The third-order valence-corrected chi connectivity index (χ3v) is 10.8. The van der Waals surface area contributed by atoms with Crippen molar-refractivity contribution in [2.45, 2.75) is 0 Å². The van der Waals surface area contributed by atoms with Crippen LogP contribution in [0.4, 0.5) is 0 Å². The van der Waals surface area contributed by atoms with Crippen LogP contribution in [0, 0.1) is 0 Å². The van der Waals surface area contributed by atoms with Gasteiger partial charge in [0.1, 0.15) is 5.65 Å². The van der Waals surface area contributed by atoms with Crippen molar-refractivity contribution in [1.82, 2.24) is 28.5 Å². The molecule has 0 bridgehead atoms. The molecule has 12 aromatic rings. The molecule has 0 spiro atoms. The summed E-state index contributed by atoms with van der Waals surface area (Å²) >= 11 is 0. The van der Waals surface area contributed by atoms with E-state index < -0.39 is 0 Å². The monoisotopic (exact) mass is 676 g/mol. The number of nitrogens with zero attached hydrogens (tertiary/aromatic N) is 6. The first-order valence-electron chi connectivity index (χ1n) is 17.9. The Kier molecular flexibility index (Phi) is 5.68. The second-order valence-corrected chi connectivity index (χ2v) is 13.7. The van der Waals surface area contributed by atoms with Crippen molar-refractivity contribution in [3.8, 4) is 22.9 Å². The summed E-state index contributed by atoms with van der Waals surface area (Å²) in [5.74, 6) is 0.626. The molecule has 0 amide bonds. The maximum Gasteiger partial charge on any atom is 0.235 e. The van der Waals surface area contributed by atoms with Gasteiger partial charge in [0, 0.05) is 43.6 Å². The number of para-hydroxylation sites is 5. The fourth-order valence-electron chi connectivity index (χ4n) is 8.58. The molecule has 6 nitrogen and oxygen atoms in total. The van der Waals surface area contributed by atoms with Gasteiger partial charge < -0.3 is 4.57 Å². The second-order valence-electron chi connectivity index (χ2n) is 13.7. The van der Waals surface area contributed by atoms with Crippen molar-refractivity contribution >= 4 is 82.1 Å². The SMILES string of the molecule is c1ccc(-c2nc(-n3c4ccc(-n5c6ccccc6c6ccccc65)cc4c4c3c3ccccc3c3nc5ccccc5n34)nc3ccccc23)cc1. The average molecular weight is 677 g/mol. The zero-order valence-corrected chi connectivity index (χ0v) is 28.3. The van der Waals surface area contributed by atoms with Crippen LogP contribution in [0.25, 0.3) is 105 Å². The third-order valence-electron chi connectivity index (χ3n) is 10.8. The smallest absolute Gasteiger partial charge is 0.235 e. The number of aromatic nitrogens is 6. The van der Waals surface area contributed by atoms with E-state index in [1.54, 1.807) is 0 Å². The van der Waals surface area contributed by atoms with Gasteiger partial charge in [0.25, 0.3) is 0 Å². The summed E-state index contributed by atoms with van der Waals surface area (Å²) in [5.41, 5.74) is 12.4. The van der Waals surface area contributed by atoms with E-state index in [0.717, 1.165) is 77.2 Å². The van der Waals surface area contributed by atoms with Gasteiger partial charge in [-0.05, 0) is 48.5 Å². The van der Waals surface area contributed by atoms with Crippen molar-refractivity contribution < 1.29 is 0 Å². The van der Waals surface area contributed by atoms with E-state index in [9.17, 15) is 0 Å². The van der Waals surface area contributed by atoms with Crippen molar-refractivity contribution in [3.63, 3.8) is 0 Å². The summed E-state index contributed by atoms with van der Waals surface area (Å²) in [5, 5.41) is 6.75. The van der Waals surface area contributed by atoms with Crippen LogP contribution in [0.3, 0.4) is 0 Å². The molecule has 246 valence electrons. The first-order valence-corrected chi connectivity index (χ1v) is 17.9. The van der Waals surface area contributed by atoms with E-state index >= 15 is 0 Å². The predicted molar refractivity (Wildman–Crippen MR) is 217 cm³/mol. The Hall–Kier alpha value is -7.31. The lowest BCUT2D eigenvalue weighted by atomic mass is 10.1. The van der Waals surface area contributed by atoms with Crippen molar-refractivity contribution in [2.24, 2.45) is 0 Å². The van der Waals surface area contributed by atoms with Gasteiger partial charge in [-0.15, -0.1) is 0 Å². The lowest BCUT2D eigenvalue weighted by molar-refractivity contribution is 1.01. The fourth-order valence-corrected chi connectivity index (χ4v) is 8.58. The molecule has 0 atom stereocenters. The number of benzene rings is 7. The first kappa shape index (κ1) is 28.4. The topological polar surface area (TPSA) is 52.9 Å². The quantitative estimate of drug-likeness (QED) is 0.187. The molecule has 0 unspecified atom stereocenters. The predicted octanol–water partition coefficient (Wildman–Crippen LogP) is 11.4. The molecule has 0 saturated heterocycles. The van der Waals surface area contributed by atoms with E-state index in [-0.39, 0.29) is 0 Å². The minimum atomic E-state index is 0.626. The van der Waals surface area contributed by atoms with Gasteiger partial charge >= 0.3 is 0 Å². The lowest BCUT2D eigenvalue weighted by Crippen LogP contribution is -2.04. The molecule has 0 fully saturated rings. The van der Waals surface area contributed by atoms with E-state index in [4.69, 9.17) is 15.0 Å². The van der Waals surface area contributed by atoms with Gasteiger partial charge in [-0.2, -0.15) is 0 Å². The zero-order chi connectivity index (χ0) is 34.6. The van der Waals surface area contributed by atoms with Crippen molar-refractivity contribution in [1.29, 1.82) is 0 Å². The Bertz CT molecular complexity index is 3410. The molecule has 6 heteroatoms. The van der Waals surface area contributed by atoms with E-state index in [1.165, 1.54) is 21.8 Å². The second kappa shape index (κ2) is 10.6. The molecule has 53 heavy (non-hydrogen) atoms. The largest absolute Gasteiger partial charge is 0.309 e. The zero-order valence-electron chi connectivity index (χ0n) is 28.3. The Morgan fingerprint density at radius 1 is 0.358 bits per heavy atom. The number of rotatable bonds is 3. The Labute approximate surface area is 302 Å². The molecule has 0 aliphatic carbocycles. The first-order chi connectivity index (χ1) is 26.3. The number of pyridine rings is 1. The molecular formula is C47H28N6. The van der Waals surface area contributed by atoms with Crippen LogP contribution < -0.4 is 0 Å². The molecular weight excluding hydrogens is 649 g/mol. The average Bonchev–Trinajstić information content (AvgIpc) is 3.89. The van der Waals surface area contributed by atoms with Crippen molar-refractivity contribution in [3.05, 3.63) is 170 Å². The highest BCUT2D eigenvalue weighted by Gasteiger charge is 2.24. The Balaban J connectivity index is 1.30. The number of fused-ring (bicyclic) bond motifs is 14. The van der Waals surface area contributed by atoms with Crippen LogP contribution >= 0.6 is 0 Å². The summed E-state index contributed by atoms with van der Waals surface area (Å²) in [7, 11) is 0. The lowest BCUT2D eigenvalue weighted by Gasteiger charge is -2.13. The van der Waals surface area contributed by atoms with Gasteiger partial charge in [0.2, 0.25) is 5.95 Å². The van der Waals surface area contributed by atoms with E-state index in [1.807, 2.05) is 12.1 Å². The fraction of sp³-hybridized carbons (Fsp3) is 0. The molecule has 7 aromatic carbocycles. The van der Waals surface area contributed by atoms with Crippen LogP contribution in [-0.4, -0.2) is 28.5 Å². The molecule has 5 aromatic heterocycles. The highest BCUT2D eigenvalue weighted by Crippen LogP contribution is 2.42. The standard InChI is InChI=1S/C47H28N6/c1-2-14-29(15-3-1)43-35-20-6-9-21-37(35)49-47(50-43)53-41-27-26-30(51-39-23-11-7-16-31(39)32-17-8-12-24-40(32)51)28-36(41)45-44(53)33-18-4-5-19-34(33)46-48-38-22-10-13-25-42(38)52(45)46/h1-28H. The van der Waals surface area contributed by atoms with Gasteiger partial charge in [-0.3, -0.25) is 8.97 Å². The maximum atomic E-state index is 5.43. The highest BCUT2D eigenvalue weighted by molar-refractivity contribution is 6.22. The molecule has 0 aliphatic rings. The van der Waals surface area contributed by atoms with Crippen LogP contribution in [0.5, 0.6) is 0 Å². The van der Waals surface area contributed by atoms with E-state index in [2.05, 4.69) is 171 Å². The van der Waals surface area contributed by atoms with Gasteiger partial charge in [-0.1, -0.05) is 121 Å². The van der Waals surface area contributed by atoms with Crippen LogP contribution in [0.15, 0.2) is 170 Å². The summed E-state index contributed by atoms with van der Waals surface area (Å²) in [6.45, 7) is 0. The summed E-state index contributed by atoms with van der Waals surface area (Å²) in [4.78, 5) is 16.0. The molecule has 12 rings (SSSR count). The Morgan fingerprint density at radius 3 is 1.70 bits per heavy atom. The summed E-state index contributed by atoms with van der Waals surface area (Å²) in [6, 6.07) is 59.9. The van der Waals surface area contributed by atoms with Gasteiger partial charge in [0.05, 0.1) is 49.8 Å². The molecule has 0 N–H and O–H groups in total. The highest BCUT2D eigenvalue weighted by atomic mass is 15.2. The van der Waals surface area contributed by atoms with Crippen LogP contribution in [0.1, 0.15) is 0 Å². The van der Waals surface area contributed by atoms with Crippen LogP contribution in [-0.2, 0) is 0 Å². The summed E-state index contributed by atoms with van der Waals surface area (Å²) < 4.78 is 7.01. The van der Waals surface area contributed by atoms with Crippen LogP contribution in [0.2, 0.25) is 0 Å². The number of imidazole rings is 1. The normalized spacial score (nSPS) is 12.2.